The summed E-state index contributed by atoms with van der Waals surface area (Å²) in [6.07, 6.45) is 6.70. The topological polar surface area (TPSA) is 52.1 Å². The first-order valence-corrected chi connectivity index (χ1v) is 6.29. The van der Waals surface area contributed by atoms with E-state index in [1.807, 2.05) is 0 Å². The van der Waals surface area contributed by atoms with E-state index in [0.29, 0.717) is 0 Å². The number of rotatable bonds is 6. The molecule has 1 aromatic rings. The maximum absolute atomic E-state index is 11.1. The van der Waals surface area contributed by atoms with E-state index in [1.54, 1.807) is 18.0 Å². The summed E-state index contributed by atoms with van der Waals surface area (Å²) in [4.78, 5) is 19.2. The van der Waals surface area contributed by atoms with Gasteiger partial charge < -0.3 is 4.74 Å². The van der Waals surface area contributed by atoms with Crippen LogP contribution >= 0.6 is 11.8 Å². The van der Waals surface area contributed by atoms with Gasteiger partial charge in [0.2, 0.25) is 0 Å². The van der Waals surface area contributed by atoms with E-state index in [9.17, 15) is 4.79 Å². The van der Waals surface area contributed by atoms with E-state index in [4.69, 9.17) is 0 Å². The minimum Gasteiger partial charge on any atom is -0.464 e. The lowest BCUT2D eigenvalue weighted by Gasteiger charge is -2.01. The Morgan fingerprint density at radius 3 is 2.75 bits per heavy atom. The molecule has 0 fully saturated rings. The van der Waals surface area contributed by atoms with Gasteiger partial charge in [0.15, 0.2) is 5.69 Å². The number of unbranched alkanes of at least 4 members (excludes halogenated alkanes) is 2. The Bertz CT molecular complexity index is 327. The van der Waals surface area contributed by atoms with Crippen LogP contribution in [-0.4, -0.2) is 28.8 Å². The predicted molar refractivity (Wildman–Crippen MR) is 63.6 cm³/mol. The van der Waals surface area contributed by atoms with E-state index in [0.717, 1.165) is 10.8 Å². The highest BCUT2D eigenvalue weighted by Crippen LogP contribution is 2.16. The Morgan fingerprint density at radius 1 is 1.38 bits per heavy atom. The molecule has 4 nitrogen and oxygen atoms in total. The Labute approximate surface area is 99.8 Å². The fourth-order valence-corrected chi connectivity index (χ4v) is 1.94. The molecule has 0 N–H and O–H groups in total. The molecule has 1 aromatic heterocycles. The Hall–Kier alpha value is -1.10. The first-order chi connectivity index (χ1) is 7.77. The second-order valence-corrected chi connectivity index (χ2v) is 4.40. The van der Waals surface area contributed by atoms with Crippen molar-refractivity contribution in [2.45, 2.75) is 31.2 Å². The lowest BCUT2D eigenvalue weighted by atomic mass is 10.3. The van der Waals surface area contributed by atoms with Crippen LogP contribution in [0.2, 0.25) is 0 Å². The number of aromatic nitrogens is 2. The second kappa shape index (κ2) is 7.22. The lowest BCUT2D eigenvalue weighted by Crippen LogP contribution is -2.04. The van der Waals surface area contributed by atoms with Gasteiger partial charge >= 0.3 is 5.97 Å². The number of nitrogens with zero attached hydrogens (tertiary/aromatic N) is 2. The quantitative estimate of drug-likeness (QED) is 0.434. The third-order valence-electron chi connectivity index (χ3n) is 2.02. The largest absolute Gasteiger partial charge is 0.464 e. The van der Waals surface area contributed by atoms with Crippen LogP contribution in [0, 0.1) is 0 Å². The molecule has 0 saturated heterocycles. The van der Waals surface area contributed by atoms with E-state index in [1.165, 1.54) is 32.6 Å². The molecule has 5 heteroatoms. The van der Waals surface area contributed by atoms with Crippen LogP contribution in [0.15, 0.2) is 17.4 Å². The van der Waals surface area contributed by atoms with Crippen molar-refractivity contribution in [1.29, 1.82) is 0 Å². The van der Waals surface area contributed by atoms with Crippen LogP contribution < -0.4 is 0 Å². The summed E-state index contributed by atoms with van der Waals surface area (Å²) >= 11 is 1.66. The third-order valence-corrected chi connectivity index (χ3v) is 3.02. The number of methoxy groups -OCH3 is 1. The van der Waals surface area contributed by atoms with Gasteiger partial charge in [-0.25, -0.2) is 14.8 Å². The molecular weight excluding hydrogens is 224 g/mol. The second-order valence-electron chi connectivity index (χ2n) is 3.29. The molecule has 16 heavy (non-hydrogen) atoms. The fraction of sp³-hybridized carbons (Fsp3) is 0.545. The lowest BCUT2D eigenvalue weighted by molar-refractivity contribution is 0.0593. The van der Waals surface area contributed by atoms with Crippen molar-refractivity contribution >= 4 is 17.7 Å². The molecule has 1 rings (SSSR count). The van der Waals surface area contributed by atoms with Gasteiger partial charge in [-0.05, 0) is 12.2 Å². The zero-order valence-corrected chi connectivity index (χ0v) is 10.4. The van der Waals surface area contributed by atoms with Crippen LogP contribution in [0.5, 0.6) is 0 Å². The zero-order valence-electron chi connectivity index (χ0n) is 9.60. The van der Waals surface area contributed by atoms with Crippen LogP contribution in [0.4, 0.5) is 0 Å². The highest BCUT2D eigenvalue weighted by molar-refractivity contribution is 7.99. The number of carbonyl (C=O) groups excluding carboxylic acids is 1. The fourth-order valence-electron chi connectivity index (χ4n) is 1.13. The molecule has 0 spiro atoms. The summed E-state index contributed by atoms with van der Waals surface area (Å²) in [6.45, 7) is 2.18. The highest BCUT2D eigenvalue weighted by atomic mass is 32.2. The smallest absolute Gasteiger partial charge is 0.358 e. The molecule has 0 aliphatic heterocycles. The third kappa shape index (κ3) is 4.18. The van der Waals surface area contributed by atoms with Crippen molar-refractivity contribution in [2.75, 3.05) is 12.9 Å². The normalized spacial score (nSPS) is 10.1. The van der Waals surface area contributed by atoms with Crippen LogP contribution in [0.3, 0.4) is 0 Å². The van der Waals surface area contributed by atoms with Crippen molar-refractivity contribution in [1.82, 2.24) is 9.97 Å². The number of hydrogen-bond donors (Lipinski definition) is 0. The van der Waals surface area contributed by atoms with Gasteiger partial charge in [0.05, 0.1) is 19.5 Å². The molecule has 88 valence electrons. The van der Waals surface area contributed by atoms with Crippen molar-refractivity contribution in [3.05, 3.63) is 18.1 Å². The monoisotopic (exact) mass is 240 g/mol. The van der Waals surface area contributed by atoms with Gasteiger partial charge in [-0.3, -0.25) is 0 Å². The van der Waals surface area contributed by atoms with E-state index in [2.05, 4.69) is 21.6 Å². The van der Waals surface area contributed by atoms with Crippen LogP contribution in [0.25, 0.3) is 0 Å². The molecule has 0 atom stereocenters. The van der Waals surface area contributed by atoms with E-state index in [-0.39, 0.29) is 5.69 Å². The molecule has 1 heterocycles. The molecule has 0 unspecified atom stereocenters. The molecule has 0 saturated carbocycles. The number of ether oxygens (including phenoxy) is 1. The summed E-state index contributed by atoms with van der Waals surface area (Å²) < 4.78 is 4.54. The molecule has 0 radical (unpaired) electrons. The minimum absolute atomic E-state index is 0.250. The number of hydrogen-bond acceptors (Lipinski definition) is 5. The first kappa shape index (κ1) is 13.0. The predicted octanol–water partition coefficient (Wildman–Crippen LogP) is 2.55. The van der Waals surface area contributed by atoms with Gasteiger partial charge in [-0.2, -0.15) is 0 Å². The maximum atomic E-state index is 11.1. The van der Waals surface area contributed by atoms with E-state index >= 15 is 0 Å². The van der Waals surface area contributed by atoms with Gasteiger partial charge in [0, 0.05) is 0 Å². The number of thioether (sulfide) groups is 1. The zero-order chi connectivity index (χ0) is 11.8. The van der Waals surface area contributed by atoms with Gasteiger partial charge in [0.1, 0.15) is 5.03 Å². The SMILES string of the molecule is CCCCCSc1cnc(C(=O)OC)cn1. The van der Waals surface area contributed by atoms with Crippen molar-refractivity contribution in [2.24, 2.45) is 0 Å². The number of esters is 1. The molecule has 0 bridgehead atoms. The average molecular weight is 240 g/mol. The highest BCUT2D eigenvalue weighted by Gasteiger charge is 2.07. The van der Waals surface area contributed by atoms with Gasteiger partial charge in [0.25, 0.3) is 0 Å². The van der Waals surface area contributed by atoms with Crippen LogP contribution in [-0.2, 0) is 4.74 Å². The standard InChI is InChI=1S/C11H16N2O2S/c1-3-4-5-6-16-10-8-12-9(7-13-10)11(14)15-2/h7-8H,3-6H2,1-2H3. The molecule has 0 amide bonds. The summed E-state index contributed by atoms with van der Waals surface area (Å²) in [7, 11) is 1.33. The summed E-state index contributed by atoms with van der Waals surface area (Å²) in [5, 5.41) is 0.851. The molecule has 0 aliphatic carbocycles. The van der Waals surface area contributed by atoms with Gasteiger partial charge in [-0.1, -0.05) is 19.8 Å². The average Bonchev–Trinajstić information content (AvgIpc) is 2.34. The number of carbonyl (C=O) groups is 1. The summed E-state index contributed by atoms with van der Waals surface area (Å²) in [5.74, 6) is 0.593. The molecular formula is C11H16N2O2S. The van der Waals surface area contributed by atoms with Crippen molar-refractivity contribution in [3.8, 4) is 0 Å². The Kier molecular flexibility index (Phi) is 5.85. The molecule has 0 aromatic carbocycles. The van der Waals surface area contributed by atoms with Crippen molar-refractivity contribution in [3.63, 3.8) is 0 Å². The molecule has 0 aliphatic rings. The summed E-state index contributed by atoms with van der Waals surface area (Å²) in [5.41, 5.74) is 0.250. The Morgan fingerprint density at radius 2 is 2.19 bits per heavy atom. The first-order valence-electron chi connectivity index (χ1n) is 5.31. The summed E-state index contributed by atoms with van der Waals surface area (Å²) in [6, 6.07) is 0. The van der Waals surface area contributed by atoms with E-state index < -0.39 is 5.97 Å². The van der Waals surface area contributed by atoms with Crippen molar-refractivity contribution < 1.29 is 9.53 Å². The van der Waals surface area contributed by atoms with Gasteiger partial charge in [-0.15, -0.1) is 11.8 Å². The van der Waals surface area contributed by atoms with Crippen LogP contribution in [0.1, 0.15) is 36.7 Å². The maximum Gasteiger partial charge on any atom is 0.358 e. The minimum atomic E-state index is -0.449. The Balaban J connectivity index is 2.42.